The molecule has 2 aliphatic heterocycles. The third-order valence-electron chi connectivity index (χ3n) is 6.61. The van der Waals surface area contributed by atoms with E-state index in [4.69, 9.17) is 4.74 Å². The fourth-order valence-corrected chi connectivity index (χ4v) is 5.07. The first-order valence-electron chi connectivity index (χ1n) is 10.6. The molecule has 0 bridgehead atoms. The number of rotatable bonds is 3. The van der Waals surface area contributed by atoms with Gasteiger partial charge in [-0.25, -0.2) is 9.18 Å². The molecule has 31 heavy (non-hydrogen) atoms. The van der Waals surface area contributed by atoms with Crippen LogP contribution in [0.2, 0.25) is 0 Å². The number of carbonyl (C=O) groups is 2. The predicted molar refractivity (Wildman–Crippen MR) is 114 cm³/mol. The molecule has 1 aromatic carbocycles. The van der Waals surface area contributed by atoms with Crippen LogP contribution in [-0.2, 0) is 16.0 Å². The van der Waals surface area contributed by atoms with Crippen LogP contribution in [0, 0.1) is 11.2 Å². The van der Waals surface area contributed by atoms with Gasteiger partial charge in [0.1, 0.15) is 17.5 Å². The highest BCUT2D eigenvalue weighted by Crippen LogP contribution is 2.41. The highest BCUT2D eigenvalue weighted by Gasteiger charge is 2.40. The van der Waals surface area contributed by atoms with Crippen molar-refractivity contribution < 1.29 is 23.8 Å². The van der Waals surface area contributed by atoms with Gasteiger partial charge in [-0.3, -0.25) is 9.59 Å². The normalized spacial score (nSPS) is 22.4. The Morgan fingerprint density at radius 3 is 2.61 bits per heavy atom. The number of piperidine rings is 1. The summed E-state index contributed by atoms with van der Waals surface area (Å²) >= 11 is 0. The molecule has 2 aromatic rings. The lowest BCUT2D eigenvalue weighted by atomic mass is 9.80. The minimum Gasteiger partial charge on any atom is -0.477 e. The van der Waals surface area contributed by atoms with E-state index in [2.05, 4.69) is 0 Å². The van der Waals surface area contributed by atoms with Crippen molar-refractivity contribution in [3.63, 3.8) is 0 Å². The van der Waals surface area contributed by atoms with Crippen LogP contribution in [0.15, 0.2) is 17.1 Å². The molecule has 0 aliphatic carbocycles. The lowest BCUT2D eigenvalue weighted by molar-refractivity contribution is -0.153. The van der Waals surface area contributed by atoms with Gasteiger partial charge in [0.05, 0.1) is 11.2 Å². The number of carboxylic acid groups (broad SMARTS) is 1. The number of hydrogen-bond acceptors (Lipinski definition) is 5. The number of aryl methyl sites for hydroxylation is 1. The van der Waals surface area contributed by atoms with Crippen LogP contribution in [0.25, 0.3) is 10.9 Å². The Hall–Kier alpha value is -2.90. The van der Waals surface area contributed by atoms with Gasteiger partial charge in [-0.1, -0.05) is 13.8 Å². The second-order valence-electron chi connectivity index (χ2n) is 9.35. The van der Waals surface area contributed by atoms with Gasteiger partial charge in [-0.2, -0.15) is 0 Å². The maximum absolute atomic E-state index is 15.5. The number of hydrogen-bond donors (Lipinski definition) is 1. The van der Waals surface area contributed by atoms with Crippen molar-refractivity contribution in [2.75, 3.05) is 18.0 Å². The number of aromatic nitrogens is 1. The monoisotopic (exact) mass is 430 g/mol. The van der Waals surface area contributed by atoms with E-state index in [1.54, 1.807) is 4.57 Å². The number of carboxylic acids is 1. The van der Waals surface area contributed by atoms with Crippen molar-refractivity contribution >= 4 is 28.5 Å². The van der Waals surface area contributed by atoms with Crippen molar-refractivity contribution in [3.8, 4) is 0 Å². The molecule has 2 atom stereocenters. The fourth-order valence-electron chi connectivity index (χ4n) is 5.07. The molecular formula is C23H27FN2O5. The Kier molecular flexibility index (Phi) is 5.06. The zero-order chi connectivity index (χ0) is 22.7. The Morgan fingerprint density at radius 1 is 1.29 bits per heavy atom. The van der Waals surface area contributed by atoms with Crippen LogP contribution in [-0.4, -0.2) is 40.8 Å². The zero-order valence-electron chi connectivity index (χ0n) is 18.2. The van der Waals surface area contributed by atoms with Gasteiger partial charge < -0.3 is 19.3 Å². The summed E-state index contributed by atoms with van der Waals surface area (Å²) in [4.78, 5) is 37.8. The SMILES string of the molecule is CC(=O)OC1CCN(c2c(F)cc3c(=O)c(C(=O)O)cn4c3c2CC[C@@H]4C)CC1(C)C. The first kappa shape index (κ1) is 21.3. The van der Waals surface area contributed by atoms with Crippen molar-refractivity contribution in [2.24, 2.45) is 5.41 Å². The number of nitrogens with zero attached hydrogens (tertiary/aromatic N) is 2. The summed E-state index contributed by atoms with van der Waals surface area (Å²) in [6.07, 6.45) is 3.02. The summed E-state index contributed by atoms with van der Waals surface area (Å²) in [5.74, 6) is -2.16. The smallest absolute Gasteiger partial charge is 0.341 e. The second-order valence-corrected chi connectivity index (χ2v) is 9.35. The summed E-state index contributed by atoms with van der Waals surface area (Å²) < 4.78 is 22.7. The van der Waals surface area contributed by atoms with Gasteiger partial charge in [0, 0.05) is 55.0 Å². The molecule has 0 saturated carbocycles. The molecule has 1 aromatic heterocycles. The summed E-state index contributed by atoms with van der Waals surface area (Å²) in [6, 6.07) is 1.18. The molecule has 2 aliphatic rings. The average Bonchev–Trinajstić information content (AvgIpc) is 2.67. The summed E-state index contributed by atoms with van der Waals surface area (Å²) in [5.41, 5.74) is 0.433. The molecule has 0 spiro atoms. The maximum atomic E-state index is 15.5. The number of esters is 1. The minimum absolute atomic E-state index is 0.00171. The van der Waals surface area contributed by atoms with E-state index < -0.39 is 17.2 Å². The number of halogens is 1. The number of aromatic carboxylic acids is 1. The summed E-state index contributed by atoms with van der Waals surface area (Å²) in [5, 5.41) is 9.55. The zero-order valence-corrected chi connectivity index (χ0v) is 18.2. The summed E-state index contributed by atoms with van der Waals surface area (Å²) in [6.45, 7) is 8.36. The van der Waals surface area contributed by atoms with E-state index in [0.29, 0.717) is 43.6 Å². The lowest BCUT2D eigenvalue weighted by Gasteiger charge is -2.45. The summed E-state index contributed by atoms with van der Waals surface area (Å²) in [7, 11) is 0. The quantitative estimate of drug-likeness (QED) is 0.750. The molecule has 8 heteroatoms. The predicted octanol–water partition coefficient (Wildman–Crippen LogP) is 3.51. The largest absolute Gasteiger partial charge is 0.477 e. The maximum Gasteiger partial charge on any atom is 0.341 e. The van der Waals surface area contributed by atoms with Crippen LogP contribution in [0.4, 0.5) is 10.1 Å². The molecule has 4 rings (SSSR count). The van der Waals surface area contributed by atoms with E-state index in [1.165, 1.54) is 19.2 Å². The van der Waals surface area contributed by atoms with Crippen LogP contribution >= 0.6 is 0 Å². The molecule has 1 unspecified atom stereocenters. The second kappa shape index (κ2) is 7.35. The first-order chi connectivity index (χ1) is 14.5. The number of pyridine rings is 1. The first-order valence-corrected chi connectivity index (χ1v) is 10.6. The fraction of sp³-hybridized carbons (Fsp3) is 0.522. The van der Waals surface area contributed by atoms with Gasteiger partial charge in [0.15, 0.2) is 0 Å². The highest BCUT2D eigenvalue weighted by molar-refractivity contribution is 5.95. The van der Waals surface area contributed by atoms with Gasteiger partial charge in [-0.05, 0) is 25.8 Å². The van der Waals surface area contributed by atoms with E-state index in [0.717, 1.165) is 5.56 Å². The van der Waals surface area contributed by atoms with E-state index in [1.807, 2.05) is 25.7 Å². The topological polar surface area (TPSA) is 88.8 Å². The van der Waals surface area contributed by atoms with Crippen LogP contribution in [0.1, 0.15) is 62.5 Å². The van der Waals surface area contributed by atoms with Gasteiger partial charge in [0.2, 0.25) is 5.43 Å². The number of carbonyl (C=O) groups excluding carboxylic acids is 1. The highest BCUT2D eigenvalue weighted by atomic mass is 19.1. The van der Waals surface area contributed by atoms with E-state index in [-0.39, 0.29) is 34.5 Å². The average molecular weight is 430 g/mol. The van der Waals surface area contributed by atoms with E-state index >= 15 is 4.39 Å². The van der Waals surface area contributed by atoms with Gasteiger partial charge in [-0.15, -0.1) is 0 Å². The molecule has 7 nitrogen and oxygen atoms in total. The minimum atomic E-state index is -1.31. The van der Waals surface area contributed by atoms with E-state index in [9.17, 15) is 19.5 Å². The Balaban J connectivity index is 1.87. The number of anilines is 1. The third kappa shape index (κ3) is 3.47. The number of ether oxygens (including phenoxy) is 1. The molecular weight excluding hydrogens is 403 g/mol. The van der Waals surface area contributed by atoms with Gasteiger partial charge in [0.25, 0.3) is 0 Å². The molecule has 166 valence electrons. The molecule has 0 amide bonds. The van der Waals surface area contributed by atoms with Crippen molar-refractivity contribution in [1.82, 2.24) is 4.57 Å². The van der Waals surface area contributed by atoms with Crippen LogP contribution in [0.5, 0.6) is 0 Å². The molecule has 1 saturated heterocycles. The van der Waals surface area contributed by atoms with Crippen LogP contribution < -0.4 is 10.3 Å². The lowest BCUT2D eigenvalue weighted by Crippen LogP contribution is -2.50. The third-order valence-corrected chi connectivity index (χ3v) is 6.61. The Labute approximate surface area is 179 Å². The Morgan fingerprint density at radius 2 is 2.00 bits per heavy atom. The Bertz CT molecular complexity index is 1150. The van der Waals surface area contributed by atoms with Gasteiger partial charge >= 0.3 is 11.9 Å². The standard InChI is InChI=1S/C23H27FN2O5/c1-12-5-6-14-19-15(21(28)16(22(29)30)10-26(12)19)9-17(24)20(14)25-8-7-18(31-13(2)27)23(3,4)11-25/h9-10,12,18H,5-8,11H2,1-4H3,(H,29,30)/t12-,18?/m0/s1. The van der Waals surface area contributed by atoms with Crippen molar-refractivity contribution in [1.29, 1.82) is 0 Å². The van der Waals surface area contributed by atoms with Crippen LogP contribution in [0.3, 0.4) is 0 Å². The van der Waals surface area contributed by atoms with Crippen molar-refractivity contribution in [2.45, 2.75) is 59.1 Å². The number of benzene rings is 1. The molecule has 1 N–H and O–H groups in total. The molecule has 3 heterocycles. The molecule has 1 fully saturated rings. The molecule has 0 radical (unpaired) electrons. The van der Waals surface area contributed by atoms with Crippen molar-refractivity contribution in [3.05, 3.63) is 39.4 Å².